The summed E-state index contributed by atoms with van der Waals surface area (Å²) in [6.45, 7) is -1.24. The van der Waals surface area contributed by atoms with Crippen molar-refractivity contribution < 1.29 is 35.9 Å². The van der Waals surface area contributed by atoms with Crippen molar-refractivity contribution in [3.8, 4) is 0 Å². The second-order valence-corrected chi connectivity index (χ2v) is 9.77. The fourth-order valence-corrected chi connectivity index (χ4v) is 5.37. The van der Waals surface area contributed by atoms with Gasteiger partial charge in [-0.2, -0.15) is 4.31 Å². The van der Waals surface area contributed by atoms with Gasteiger partial charge in [-0.25, -0.2) is 26.4 Å². The molecule has 0 aromatic heterocycles. The number of carbonyl (C=O) groups excluding carboxylic acids is 2. The number of sulfonamides is 1. The number of halogens is 3. The minimum absolute atomic E-state index is 0.0343. The first-order valence-electron chi connectivity index (χ1n) is 9.95. The lowest BCUT2D eigenvalue weighted by molar-refractivity contribution is -0.121. The van der Waals surface area contributed by atoms with E-state index < -0.39 is 69.5 Å². The van der Waals surface area contributed by atoms with E-state index in [2.05, 4.69) is 5.32 Å². The van der Waals surface area contributed by atoms with Gasteiger partial charge in [0.15, 0.2) is 17.4 Å². The number of carbonyl (C=O) groups is 2. The molecule has 1 heterocycles. The molecule has 3 N–H and O–H groups in total. The Balaban J connectivity index is 1.83. The smallest absolute Gasteiger partial charge is 0.407 e. The number of benzene rings is 1. The second-order valence-electron chi connectivity index (χ2n) is 7.86. The molecular weight excluding hydrogens is 439 g/mol. The molecule has 1 aromatic carbocycles. The van der Waals surface area contributed by atoms with Gasteiger partial charge in [0.05, 0.1) is 25.7 Å². The van der Waals surface area contributed by atoms with Crippen LogP contribution in [0.3, 0.4) is 0 Å². The van der Waals surface area contributed by atoms with Gasteiger partial charge >= 0.3 is 6.09 Å². The molecular formula is C19H24F3N3O5S. The Hall–Kier alpha value is -2.18. The Bertz CT molecular complexity index is 953. The van der Waals surface area contributed by atoms with Gasteiger partial charge in [-0.15, -0.1) is 0 Å². The van der Waals surface area contributed by atoms with Crippen molar-refractivity contribution >= 4 is 21.9 Å². The highest BCUT2D eigenvalue weighted by molar-refractivity contribution is 7.89. The Morgan fingerprint density at radius 1 is 1.19 bits per heavy atom. The van der Waals surface area contributed by atoms with Crippen molar-refractivity contribution in [2.24, 2.45) is 11.7 Å². The normalized spacial score (nSPS) is 20.7. The number of rotatable bonds is 9. The Labute approximate surface area is 178 Å². The third-order valence-corrected chi connectivity index (χ3v) is 7.38. The summed E-state index contributed by atoms with van der Waals surface area (Å²) in [6.07, 6.45) is 2.63. The largest absolute Gasteiger partial charge is 0.443 e. The SMILES string of the molecule is NC(CC1CCCC1)C(=O)CN(CC1CNC(=O)O1)S(=O)(=O)c1cc(F)c(F)cc1F. The topological polar surface area (TPSA) is 119 Å². The molecule has 1 amide bonds. The van der Waals surface area contributed by atoms with E-state index in [0.717, 1.165) is 25.7 Å². The number of hydrogen-bond acceptors (Lipinski definition) is 6. The van der Waals surface area contributed by atoms with E-state index in [9.17, 15) is 31.2 Å². The monoisotopic (exact) mass is 463 g/mol. The average molecular weight is 463 g/mol. The van der Waals surface area contributed by atoms with Gasteiger partial charge < -0.3 is 15.8 Å². The number of ketones is 1. The molecule has 8 nitrogen and oxygen atoms in total. The first-order valence-corrected chi connectivity index (χ1v) is 11.4. The maximum absolute atomic E-state index is 14.2. The van der Waals surface area contributed by atoms with Crippen LogP contribution in [0.15, 0.2) is 17.0 Å². The van der Waals surface area contributed by atoms with Crippen LogP contribution in [0.2, 0.25) is 0 Å². The molecule has 0 spiro atoms. The zero-order chi connectivity index (χ0) is 22.8. The van der Waals surface area contributed by atoms with Crippen LogP contribution in [0.4, 0.5) is 18.0 Å². The van der Waals surface area contributed by atoms with Crippen LogP contribution in [0.25, 0.3) is 0 Å². The van der Waals surface area contributed by atoms with Crippen LogP contribution < -0.4 is 11.1 Å². The van der Waals surface area contributed by atoms with Gasteiger partial charge in [0, 0.05) is 6.07 Å². The maximum Gasteiger partial charge on any atom is 0.407 e. The van der Waals surface area contributed by atoms with Crippen LogP contribution in [0, 0.1) is 23.4 Å². The molecule has 0 radical (unpaired) electrons. The predicted octanol–water partition coefficient (Wildman–Crippen LogP) is 1.68. The van der Waals surface area contributed by atoms with Crippen molar-refractivity contribution in [1.29, 1.82) is 0 Å². The first kappa shape index (κ1) is 23.5. The highest BCUT2D eigenvalue weighted by atomic mass is 32.2. The number of nitrogens with two attached hydrogens (primary N) is 1. The molecule has 2 atom stereocenters. The highest BCUT2D eigenvalue weighted by Crippen LogP contribution is 2.29. The summed E-state index contributed by atoms with van der Waals surface area (Å²) < 4.78 is 72.7. The van der Waals surface area contributed by atoms with E-state index in [1.807, 2.05) is 0 Å². The number of amides is 1. The van der Waals surface area contributed by atoms with Crippen molar-refractivity contribution in [3.05, 3.63) is 29.6 Å². The average Bonchev–Trinajstić information content (AvgIpc) is 3.35. The van der Waals surface area contributed by atoms with Crippen molar-refractivity contribution in [3.63, 3.8) is 0 Å². The Morgan fingerprint density at radius 2 is 1.84 bits per heavy atom. The quantitative estimate of drug-likeness (QED) is 0.538. The van der Waals surface area contributed by atoms with Crippen LogP contribution in [-0.2, 0) is 19.6 Å². The van der Waals surface area contributed by atoms with E-state index in [1.165, 1.54) is 0 Å². The predicted molar refractivity (Wildman–Crippen MR) is 103 cm³/mol. The van der Waals surface area contributed by atoms with E-state index >= 15 is 0 Å². The molecule has 2 unspecified atom stereocenters. The summed E-state index contributed by atoms with van der Waals surface area (Å²) in [4.78, 5) is 22.8. The molecule has 2 aliphatic rings. The molecule has 31 heavy (non-hydrogen) atoms. The summed E-state index contributed by atoms with van der Waals surface area (Å²) in [5.74, 6) is -4.94. The number of alkyl carbamates (subject to hydrolysis) is 1. The minimum Gasteiger partial charge on any atom is -0.443 e. The minimum atomic E-state index is -4.78. The zero-order valence-electron chi connectivity index (χ0n) is 16.7. The van der Waals surface area contributed by atoms with Gasteiger partial charge in [-0.3, -0.25) is 4.79 Å². The maximum atomic E-state index is 14.2. The van der Waals surface area contributed by atoms with Gasteiger partial charge in [0.25, 0.3) is 0 Å². The van der Waals surface area contributed by atoms with Crippen LogP contribution >= 0.6 is 0 Å². The van der Waals surface area contributed by atoms with Gasteiger partial charge in [0.2, 0.25) is 10.0 Å². The van der Waals surface area contributed by atoms with E-state index in [1.54, 1.807) is 0 Å². The molecule has 2 fully saturated rings. The lowest BCUT2D eigenvalue weighted by Crippen LogP contribution is -2.46. The summed E-state index contributed by atoms with van der Waals surface area (Å²) in [5, 5.41) is 2.34. The van der Waals surface area contributed by atoms with Gasteiger partial charge in [-0.1, -0.05) is 25.7 Å². The second kappa shape index (κ2) is 9.53. The fraction of sp³-hybridized carbons (Fsp3) is 0.579. The Kier molecular flexibility index (Phi) is 7.22. The van der Waals surface area contributed by atoms with Gasteiger partial charge in [-0.05, 0) is 18.4 Å². The fourth-order valence-electron chi connectivity index (χ4n) is 3.88. The van der Waals surface area contributed by atoms with Crippen LogP contribution in [0.5, 0.6) is 0 Å². The number of nitrogens with one attached hydrogen (secondary N) is 1. The molecule has 0 bridgehead atoms. The molecule has 1 aromatic rings. The van der Waals surface area contributed by atoms with Crippen LogP contribution in [0.1, 0.15) is 32.1 Å². The molecule has 1 saturated carbocycles. The molecule has 3 rings (SSSR count). The lowest BCUT2D eigenvalue weighted by Gasteiger charge is -2.25. The molecule has 1 aliphatic heterocycles. The third kappa shape index (κ3) is 5.55. The van der Waals surface area contributed by atoms with E-state index in [0.29, 0.717) is 10.7 Å². The first-order chi connectivity index (χ1) is 14.6. The van der Waals surface area contributed by atoms with Crippen molar-refractivity contribution in [1.82, 2.24) is 9.62 Å². The third-order valence-electron chi connectivity index (χ3n) is 5.56. The molecule has 12 heteroatoms. The Morgan fingerprint density at radius 3 is 2.45 bits per heavy atom. The zero-order valence-corrected chi connectivity index (χ0v) is 17.5. The molecule has 172 valence electrons. The summed E-state index contributed by atoms with van der Waals surface area (Å²) >= 11 is 0. The standard InChI is InChI=1S/C19H24F3N3O5S/c20-13-6-15(22)18(7-14(13)21)31(28,29)25(9-12-8-24-19(27)30-12)10-17(26)16(23)5-11-3-1-2-4-11/h6-7,11-12,16H,1-5,8-10,23H2,(H,24,27). The van der Waals surface area contributed by atoms with E-state index in [-0.39, 0.29) is 24.6 Å². The number of hydrogen-bond donors (Lipinski definition) is 2. The molecule has 1 aliphatic carbocycles. The number of ether oxygens (including phenoxy) is 1. The number of nitrogens with zero attached hydrogens (tertiary/aromatic N) is 1. The summed E-state index contributed by atoms with van der Waals surface area (Å²) in [6, 6.07) is -0.597. The van der Waals surface area contributed by atoms with E-state index in [4.69, 9.17) is 10.5 Å². The van der Waals surface area contributed by atoms with Crippen LogP contribution in [-0.4, -0.2) is 56.4 Å². The number of cyclic esters (lactones) is 1. The van der Waals surface area contributed by atoms with Gasteiger partial charge in [0.1, 0.15) is 16.8 Å². The highest BCUT2D eigenvalue weighted by Gasteiger charge is 2.36. The van der Waals surface area contributed by atoms with Crippen molar-refractivity contribution in [2.45, 2.75) is 49.1 Å². The molecule has 1 saturated heterocycles. The number of Topliss-reactive ketones (excluding diaryl/α,β-unsaturated/α-hetero) is 1. The summed E-state index contributed by atoms with van der Waals surface area (Å²) in [5.41, 5.74) is 5.98. The summed E-state index contributed by atoms with van der Waals surface area (Å²) in [7, 11) is -4.78. The lowest BCUT2D eigenvalue weighted by atomic mass is 9.96. The van der Waals surface area contributed by atoms with Crippen molar-refractivity contribution in [2.75, 3.05) is 19.6 Å².